The normalized spacial score (nSPS) is 12.6. The average molecular weight is 257 g/mol. The zero-order chi connectivity index (χ0) is 13.8. The van der Waals surface area contributed by atoms with E-state index in [-0.39, 0.29) is 0 Å². The van der Waals surface area contributed by atoms with Crippen molar-refractivity contribution in [3.63, 3.8) is 0 Å². The number of benzene rings is 1. The molecular formula is C16H23N3. The Balaban J connectivity index is 2.21. The third kappa shape index (κ3) is 3.24. The van der Waals surface area contributed by atoms with Gasteiger partial charge in [0, 0.05) is 25.2 Å². The molecule has 1 aromatic heterocycles. The van der Waals surface area contributed by atoms with Gasteiger partial charge >= 0.3 is 0 Å². The Morgan fingerprint density at radius 1 is 1.32 bits per heavy atom. The molecular weight excluding hydrogens is 234 g/mol. The molecule has 0 amide bonds. The van der Waals surface area contributed by atoms with Crippen LogP contribution in [0.4, 0.5) is 0 Å². The monoisotopic (exact) mass is 257 g/mol. The highest BCUT2D eigenvalue weighted by atomic mass is 15.3. The summed E-state index contributed by atoms with van der Waals surface area (Å²) in [5.74, 6) is 0. The molecule has 1 N–H and O–H groups in total. The van der Waals surface area contributed by atoms with Crippen LogP contribution in [-0.4, -0.2) is 16.8 Å². The molecule has 0 fully saturated rings. The summed E-state index contributed by atoms with van der Waals surface area (Å²) in [7, 11) is 4.04. The van der Waals surface area contributed by atoms with Gasteiger partial charge in [-0.05, 0) is 32.0 Å². The Morgan fingerprint density at radius 2 is 2.11 bits per heavy atom. The molecule has 19 heavy (non-hydrogen) atoms. The summed E-state index contributed by atoms with van der Waals surface area (Å²) in [6.45, 7) is 4.28. The summed E-state index contributed by atoms with van der Waals surface area (Å²) >= 11 is 0. The quantitative estimate of drug-likeness (QED) is 0.892. The number of likely N-dealkylation sites (N-methyl/N-ethyl adjacent to an activating group) is 1. The first-order valence-electron chi connectivity index (χ1n) is 6.89. The van der Waals surface area contributed by atoms with Gasteiger partial charge in [0.2, 0.25) is 0 Å². The maximum atomic E-state index is 4.52. The summed E-state index contributed by atoms with van der Waals surface area (Å²) in [5, 5.41) is 7.92. The lowest BCUT2D eigenvalue weighted by molar-refractivity contribution is 0.561. The summed E-state index contributed by atoms with van der Waals surface area (Å²) in [4.78, 5) is 0. The molecule has 0 saturated heterocycles. The van der Waals surface area contributed by atoms with Gasteiger partial charge in [-0.15, -0.1) is 0 Å². The fourth-order valence-corrected chi connectivity index (χ4v) is 2.42. The van der Waals surface area contributed by atoms with Crippen LogP contribution in [0, 0.1) is 6.92 Å². The smallest absolute Gasteiger partial charge is 0.0624 e. The van der Waals surface area contributed by atoms with E-state index < -0.39 is 0 Å². The van der Waals surface area contributed by atoms with Crippen LogP contribution >= 0.6 is 0 Å². The van der Waals surface area contributed by atoms with E-state index in [1.165, 1.54) is 16.8 Å². The van der Waals surface area contributed by atoms with Crippen LogP contribution in [0.5, 0.6) is 0 Å². The van der Waals surface area contributed by atoms with Crippen LogP contribution in [0.25, 0.3) is 0 Å². The fraction of sp³-hybridized carbons (Fsp3) is 0.438. The van der Waals surface area contributed by atoms with E-state index in [1.54, 1.807) is 0 Å². The van der Waals surface area contributed by atoms with E-state index in [2.05, 4.69) is 54.6 Å². The van der Waals surface area contributed by atoms with Gasteiger partial charge in [0.25, 0.3) is 0 Å². The molecule has 0 aliphatic heterocycles. The number of hydrogen-bond acceptors (Lipinski definition) is 2. The molecule has 3 nitrogen and oxygen atoms in total. The van der Waals surface area contributed by atoms with Crippen molar-refractivity contribution in [3.8, 4) is 0 Å². The molecule has 3 heteroatoms. The Labute approximate surface area is 115 Å². The Hall–Kier alpha value is -1.61. The van der Waals surface area contributed by atoms with Crippen molar-refractivity contribution in [2.75, 3.05) is 7.05 Å². The minimum atomic E-state index is 0.333. The van der Waals surface area contributed by atoms with Crippen LogP contribution < -0.4 is 5.32 Å². The van der Waals surface area contributed by atoms with Gasteiger partial charge in [-0.2, -0.15) is 5.10 Å². The molecule has 0 saturated carbocycles. The zero-order valence-electron chi connectivity index (χ0n) is 12.3. The predicted octanol–water partition coefficient (Wildman–Crippen LogP) is 2.79. The van der Waals surface area contributed by atoms with Crippen molar-refractivity contribution in [3.05, 3.63) is 52.8 Å². The van der Waals surface area contributed by atoms with Crippen LogP contribution in [0.2, 0.25) is 0 Å². The van der Waals surface area contributed by atoms with Gasteiger partial charge in [0.1, 0.15) is 0 Å². The van der Waals surface area contributed by atoms with E-state index >= 15 is 0 Å². The molecule has 2 rings (SSSR count). The highest BCUT2D eigenvalue weighted by Crippen LogP contribution is 2.19. The maximum Gasteiger partial charge on any atom is 0.0624 e. The van der Waals surface area contributed by atoms with E-state index in [0.717, 1.165) is 18.5 Å². The van der Waals surface area contributed by atoms with Gasteiger partial charge in [0.15, 0.2) is 0 Å². The van der Waals surface area contributed by atoms with Crippen molar-refractivity contribution >= 4 is 0 Å². The summed E-state index contributed by atoms with van der Waals surface area (Å²) in [6.07, 6.45) is 1.95. The van der Waals surface area contributed by atoms with Gasteiger partial charge in [-0.3, -0.25) is 4.68 Å². The minimum absolute atomic E-state index is 0.333. The van der Waals surface area contributed by atoms with Gasteiger partial charge < -0.3 is 5.32 Å². The zero-order valence-corrected chi connectivity index (χ0v) is 12.3. The maximum absolute atomic E-state index is 4.52. The van der Waals surface area contributed by atoms with Crippen LogP contribution in [0.15, 0.2) is 30.3 Å². The van der Waals surface area contributed by atoms with E-state index in [0.29, 0.717) is 6.04 Å². The van der Waals surface area contributed by atoms with Crippen LogP contribution in [-0.2, 0) is 19.9 Å². The second-order valence-corrected chi connectivity index (χ2v) is 5.06. The lowest BCUT2D eigenvalue weighted by Crippen LogP contribution is -2.20. The van der Waals surface area contributed by atoms with Gasteiger partial charge in [-0.1, -0.05) is 36.8 Å². The summed E-state index contributed by atoms with van der Waals surface area (Å²) in [5.41, 5.74) is 5.08. The Kier molecular flexibility index (Phi) is 4.38. The highest BCUT2D eigenvalue weighted by molar-refractivity contribution is 5.26. The first-order chi connectivity index (χ1) is 9.13. The number of nitrogens with zero attached hydrogens (tertiary/aromatic N) is 2. The number of hydrogen-bond donors (Lipinski definition) is 1. The standard InChI is InChI=1S/C16H23N3/c1-5-14-10-15(19(4)18-14)11-16(17-3)13-8-6-7-12(2)9-13/h6-10,16-17H,5,11H2,1-4H3. The summed E-state index contributed by atoms with van der Waals surface area (Å²) < 4.78 is 2.00. The summed E-state index contributed by atoms with van der Waals surface area (Å²) in [6, 6.07) is 11.2. The molecule has 1 atom stereocenters. The number of aryl methyl sites for hydroxylation is 3. The molecule has 0 aliphatic rings. The topological polar surface area (TPSA) is 29.9 Å². The molecule has 2 aromatic rings. The first-order valence-corrected chi connectivity index (χ1v) is 6.89. The third-order valence-corrected chi connectivity index (χ3v) is 3.60. The number of rotatable bonds is 5. The fourth-order valence-electron chi connectivity index (χ4n) is 2.42. The van der Waals surface area contributed by atoms with Crippen molar-refractivity contribution in [2.45, 2.75) is 32.7 Å². The second kappa shape index (κ2) is 6.02. The van der Waals surface area contributed by atoms with Crippen LogP contribution in [0.3, 0.4) is 0 Å². The van der Waals surface area contributed by atoms with E-state index in [9.17, 15) is 0 Å². The van der Waals surface area contributed by atoms with Crippen molar-refractivity contribution < 1.29 is 0 Å². The van der Waals surface area contributed by atoms with Gasteiger partial charge in [0.05, 0.1) is 5.69 Å². The van der Waals surface area contributed by atoms with Crippen molar-refractivity contribution in [2.24, 2.45) is 7.05 Å². The molecule has 1 heterocycles. The SMILES string of the molecule is CCc1cc(CC(NC)c2cccc(C)c2)n(C)n1. The second-order valence-electron chi connectivity index (χ2n) is 5.06. The first kappa shape index (κ1) is 13.8. The van der Waals surface area contributed by atoms with Crippen molar-refractivity contribution in [1.29, 1.82) is 0 Å². The number of nitrogens with one attached hydrogen (secondary N) is 1. The van der Waals surface area contributed by atoms with Crippen LogP contribution in [0.1, 0.15) is 35.5 Å². The third-order valence-electron chi connectivity index (χ3n) is 3.60. The Bertz CT molecular complexity index is 543. The number of aromatic nitrogens is 2. The molecule has 1 unspecified atom stereocenters. The largest absolute Gasteiger partial charge is 0.313 e. The predicted molar refractivity (Wildman–Crippen MR) is 79.3 cm³/mol. The van der Waals surface area contributed by atoms with Crippen molar-refractivity contribution in [1.82, 2.24) is 15.1 Å². The highest BCUT2D eigenvalue weighted by Gasteiger charge is 2.13. The molecule has 0 bridgehead atoms. The lowest BCUT2D eigenvalue weighted by Gasteiger charge is -2.17. The Morgan fingerprint density at radius 3 is 2.68 bits per heavy atom. The van der Waals surface area contributed by atoms with E-state index in [4.69, 9.17) is 0 Å². The molecule has 102 valence electrons. The molecule has 0 aliphatic carbocycles. The van der Waals surface area contributed by atoms with Gasteiger partial charge in [-0.25, -0.2) is 0 Å². The molecule has 0 spiro atoms. The molecule has 1 aromatic carbocycles. The minimum Gasteiger partial charge on any atom is -0.313 e. The van der Waals surface area contributed by atoms with E-state index in [1.807, 2.05) is 18.8 Å². The molecule has 0 radical (unpaired) electrons. The lowest BCUT2D eigenvalue weighted by atomic mass is 10.00. The average Bonchev–Trinajstić information content (AvgIpc) is 2.76.